The number of amides is 2. The van der Waals surface area contributed by atoms with Gasteiger partial charge in [0.2, 0.25) is 0 Å². The molecule has 0 heterocycles. The monoisotopic (exact) mass is 520 g/mol. The Hall–Kier alpha value is -4.16. The number of rotatable bonds is 7. The van der Waals surface area contributed by atoms with Crippen LogP contribution in [-0.4, -0.2) is 25.1 Å². The van der Waals surface area contributed by atoms with Crippen LogP contribution in [-0.2, 0) is 16.2 Å². The molecule has 3 rings (SSSR count). The third-order valence-corrected chi connectivity index (χ3v) is 5.16. The number of carbonyl (C=O) groups excluding carboxylic acids is 2. The van der Waals surface area contributed by atoms with Gasteiger partial charge < -0.3 is 14.8 Å². The first-order valence-electron chi connectivity index (χ1n) is 10.1. The van der Waals surface area contributed by atoms with E-state index in [9.17, 15) is 9.59 Å². The van der Waals surface area contributed by atoms with Gasteiger partial charge in [0.05, 0.1) is 29.4 Å². The lowest BCUT2D eigenvalue weighted by Gasteiger charge is -2.14. The van der Waals surface area contributed by atoms with E-state index in [1.54, 1.807) is 12.1 Å². The van der Waals surface area contributed by atoms with Crippen molar-refractivity contribution in [1.29, 1.82) is 5.26 Å². The van der Waals surface area contributed by atoms with E-state index in [2.05, 4.69) is 31.8 Å². The molecule has 2 N–H and O–H groups in total. The molecule has 3 aromatic rings. The van der Waals surface area contributed by atoms with Crippen molar-refractivity contribution in [3.05, 3.63) is 87.4 Å². The molecule has 0 radical (unpaired) electrons. The third kappa shape index (κ3) is 6.67. The molecule has 0 saturated heterocycles. The van der Waals surface area contributed by atoms with Gasteiger partial charge in [0.25, 0.3) is 0 Å². The van der Waals surface area contributed by atoms with Crippen molar-refractivity contribution in [2.24, 2.45) is 5.10 Å². The van der Waals surface area contributed by atoms with Crippen molar-refractivity contribution in [3.63, 3.8) is 0 Å². The molecule has 3 aromatic carbocycles. The molecule has 0 aliphatic rings. The van der Waals surface area contributed by atoms with Crippen LogP contribution in [0.2, 0.25) is 0 Å². The van der Waals surface area contributed by atoms with Gasteiger partial charge in [0, 0.05) is 5.69 Å². The maximum atomic E-state index is 12.0. The highest BCUT2D eigenvalue weighted by Gasteiger charge is 2.14. The van der Waals surface area contributed by atoms with Gasteiger partial charge in [-0.25, -0.2) is 5.43 Å². The van der Waals surface area contributed by atoms with E-state index in [4.69, 9.17) is 14.7 Å². The number of aryl methyl sites for hydroxylation is 1. The van der Waals surface area contributed by atoms with E-state index in [0.717, 1.165) is 11.1 Å². The highest BCUT2D eigenvalue weighted by molar-refractivity contribution is 9.10. The summed E-state index contributed by atoms with van der Waals surface area (Å²) in [5.74, 6) is -0.814. The van der Waals surface area contributed by atoms with Crippen molar-refractivity contribution < 1.29 is 19.1 Å². The number of halogens is 1. The number of benzene rings is 3. The molecule has 0 aromatic heterocycles. The standard InChI is InChI=1S/C25H21BrN4O4/c1-16-4-3-5-18(10-16)15-34-23-21(26)11-19(12-22(23)33-2)14-28-30-25(32)24(31)29-20-8-6-17(13-27)7-9-20/h3-12,14H,15H2,1-2H3,(H,29,31)(H,30,32)/b28-14+. The summed E-state index contributed by atoms with van der Waals surface area (Å²) in [4.78, 5) is 24.0. The molecule has 2 amide bonds. The van der Waals surface area contributed by atoms with Crippen LogP contribution < -0.4 is 20.2 Å². The number of ether oxygens (including phenoxy) is 2. The van der Waals surface area contributed by atoms with Crippen molar-refractivity contribution in [3.8, 4) is 17.6 Å². The Bertz CT molecular complexity index is 1270. The fourth-order valence-electron chi connectivity index (χ4n) is 2.94. The summed E-state index contributed by atoms with van der Waals surface area (Å²) in [6.45, 7) is 2.39. The van der Waals surface area contributed by atoms with Crippen LogP contribution in [0.5, 0.6) is 11.5 Å². The number of methoxy groups -OCH3 is 1. The van der Waals surface area contributed by atoms with Crippen LogP contribution in [0.15, 0.2) is 70.2 Å². The van der Waals surface area contributed by atoms with Gasteiger partial charge in [0.15, 0.2) is 11.5 Å². The van der Waals surface area contributed by atoms with E-state index >= 15 is 0 Å². The normalized spacial score (nSPS) is 10.4. The smallest absolute Gasteiger partial charge is 0.329 e. The predicted octanol–water partition coefficient (Wildman–Crippen LogP) is 4.31. The summed E-state index contributed by atoms with van der Waals surface area (Å²) < 4.78 is 12.0. The summed E-state index contributed by atoms with van der Waals surface area (Å²) in [7, 11) is 1.53. The second-order valence-corrected chi connectivity index (χ2v) is 8.01. The number of carbonyl (C=O) groups is 2. The Labute approximate surface area is 205 Å². The van der Waals surface area contributed by atoms with Gasteiger partial charge in [-0.05, 0) is 70.4 Å². The third-order valence-electron chi connectivity index (χ3n) is 4.58. The minimum Gasteiger partial charge on any atom is -0.493 e. The zero-order valence-corrected chi connectivity index (χ0v) is 20.0. The Kier molecular flexibility index (Phi) is 8.37. The number of anilines is 1. The topological polar surface area (TPSA) is 113 Å². The zero-order chi connectivity index (χ0) is 24.5. The number of hydrazone groups is 1. The average molecular weight is 521 g/mol. The van der Waals surface area contributed by atoms with E-state index in [0.29, 0.717) is 39.4 Å². The second kappa shape index (κ2) is 11.6. The van der Waals surface area contributed by atoms with Crippen LogP contribution in [0.3, 0.4) is 0 Å². The van der Waals surface area contributed by atoms with Crippen molar-refractivity contribution in [2.45, 2.75) is 13.5 Å². The van der Waals surface area contributed by atoms with Crippen molar-refractivity contribution in [2.75, 3.05) is 12.4 Å². The lowest BCUT2D eigenvalue weighted by Crippen LogP contribution is -2.32. The number of nitrogens with one attached hydrogen (secondary N) is 2. The zero-order valence-electron chi connectivity index (χ0n) is 18.5. The summed E-state index contributed by atoms with van der Waals surface area (Å²) in [5, 5.41) is 15.1. The maximum absolute atomic E-state index is 12.0. The van der Waals surface area contributed by atoms with Crippen LogP contribution in [0, 0.1) is 18.3 Å². The van der Waals surface area contributed by atoms with Gasteiger partial charge in [-0.3, -0.25) is 9.59 Å². The molecule has 0 bridgehead atoms. The number of hydrogen-bond acceptors (Lipinski definition) is 6. The van der Waals surface area contributed by atoms with Crippen LogP contribution in [0.25, 0.3) is 0 Å². The number of nitriles is 1. The van der Waals surface area contributed by atoms with Crippen molar-refractivity contribution in [1.82, 2.24) is 5.43 Å². The lowest BCUT2D eigenvalue weighted by atomic mass is 10.1. The minimum absolute atomic E-state index is 0.370. The maximum Gasteiger partial charge on any atom is 0.329 e. The van der Waals surface area contributed by atoms with Gasteiger partial charge in [0.1, 0.15) is 6.61 Å². The van der Waals surface area contributed by atoms with Crippen LogP contribution >= 0.6 is 15.9 Å². The average Bonchev–Trinajstić information content (AvgIpc) is 2.83. The first-order valence-corrected chi connectivity index (χ1v) is 10.9. The molecule has 0 atom stereocenters. The van der Waals surface area contributed by atoms with Crippen LogP contribution in [0.4, 0.5) is 5.69 Å². The summed E-state index contributed by atoms with van der Waals surface area (Å²) in [5.41, 5.74) is 5.79. The van der Waals surface area contributed by atoms with E-state index in [1.807, 2.05) is 37.3 Å². The molecule has 0 fully saturated rings. The number of hydrogen-bond donors (Lipinski definition) is 2. The van der Waals surface area contributed by atoms with E-state index in [-0.39, 0.29) is 0 Å². The van der Waals surface area contributed by atoms with Gasteiger partial charge >= 0.3 is 11.8 Å². The number of nitrogens with zero attached hydrogens (tertiary/aromatic N) is 2. The van der Waals surface area contributed by atoms with Gasteiger partial charge in [-0.15, -0.1) is 0 Å². The highest BCUT2D eigenvalue weighted by Crippen LogP contribution is 2.36. The van der Waals surface area contributed by atoms with Gasteiger partial charge in [-0.1, -0.05) is 29.8 Å². The Morgan fingerprint density at radius 3 is 2.56 bits per heavy atom. The molecule has 9 heteroatoms. The molecule has 0 saturated carbocycles. The molecule has 34 heavy (non-hydrogen) atoms. The highest BCUT2D eigenvalue weighted by atomic mass is 79.9. The largest absolute Gasteiger partial charge is 0.493 e. The lowest BCUT2D eigenvalue weighted by molar-refractivity contribution is -0.136. The molecular weight excluding hydrogens is 500 g/mol. The molecule has 8 nitrogen and oxygen atoms in total. The van der Waals surface area contributed by atoms with E-state index in [1.165, 1.54) is 37.6 Å². The molecular formula is C25H21BrN4O4. The fourth-order valence-corrected chi connectivity index (χ4v) is 3.52. The van der Waals surface area contributed by atoms with E-state index < -0.39 is 11.8 Å². The molecule has 0 spiro atoms. The SMILES string of the molecule is COc1cc(/C=N/NC(=O)C(=O)Nc2ccc(C#N)cc2)cc(Br)c1OCc1cccc(C)c1. The first-order chi connectivity index (χ1) is 16.4. The second-order valence-electron chi connectivity index (χ2n) is 7.15. The minimum atomic E-state index is -0.940. The summed E-state index contributed by atoms with van der Waals surface area (Å²) in [6.07, 6.45) is 1.38. The van der Waals surface area contributed by atoms with Crippen LogP contribution in [0.1, 0.15) is 22.3 Å². The quantitative estimate of drug-likeness (QED) is 0.274. The molecule has 172 valence electrons. The predicted molar refractivity (Wildman–Crippen MR) is 132 cm³/mol. The molecule has 0 aliphatic heterocycles. The molecule has 0 unspecified atom stereocenters. The Morgan fingerprint density at radius 2 is 1.88 bits per heavy atom. The summed E-state index contributed by atoms with van der Waals surface area (Å²) in [6, 6.07) is 19.6. The fraction of sp³-hybridized carbons (Fsp3) is 0.120. The van der Waals surface area contributed by atoms with Crippen molar-refractivity contribution >= 4 is 39.6 Å². The molecule has 0 aliphatic carbocycles. The first kappa shape index (κ1) is 24.5. The Morgan fingerprint density at radius 1 is 1.12 bits per heavy atom. The summed E-state index contributed by atoms with van der Waals surface area (Å²) >= 11 is 3.48. The van der Waals surface area contributed by atoms with Gasteiger partial charge in [-0.2, -0.15) is 10.4 Å². The Balaban J connectivity index is 1.61.